The van der Waals surface area contributed by atoms with Crippen LogP contribution >= 0.6 is 11.8 Å². The zero-order chi connectivity index (χ0) is 35.2. The van der Waals surface area contributed by atoms with E-state index in [1.807, 2.05) is 37.3 Å². The molecule has 0 bridgehead atoms. The van der Waals surface area contributed by atoms with Crippen LogP contribution in [0.3, 0.4) is 0 Å². The van der Waals surface area contributed by atoms with Gasteiger partial charge < -0.3 is 29.5 Å². The zero-order valence-corrected chi connectivity index (χ0v) is 29.9. The number of hydrogen-bond acceptors (Lipinski definition) is 9. The summed E-state index contributed by atoms with van der Waals surface area (Å²) >= 11 is 1.31. The van der Waals surface area contributed by atoms with Crippen molar-refractivity contribution >= 4 is 23.6 Å². The van der Waals surface area contributed by atoms with Crippen molar-refractivity contribution in [1.29, 1.82) is 0 Å². The second-order valence-electron chi connectivity index (χ2n) is 11.8. The zero-order valence-electron chi connectivity index (χ0n) is 29.0. The Bertz CT molecular complexity index is 1190. The van der Waals surface area contributed by atoms with E-state index in [0.717, 1.165) is 19.3 Å². The summed E-state index contributed by atoms with van der Waals surface area (Å²) in [6.45, 7) is 6.46. The van der Waals surface area contributed by atoms with Crippen LogP contribution in [0.4, 0.5) is 0 Å². The number of carbonyl (C=O) groups is 2. The van der Waals surface area contributed by atoms with Crippen LogP contribution in [0.25, 0.3) is 0 Å². The Balaban J connectivity index is 3.42. The number of rotatable bonds is 25. The molecule has 2 atom stereocenters. The average Bonchev–Trinajstić information content (AvgIpc) is 3.05. The van der Waals surface area contributed by atoms with Crippen LogP contribution in [-0.2, 0) is 20.2 Å². The van der Waals surface area contributed by atoms with Crippen molar-refractivity contribution in [1.82, 2.24) is 5.32 Å². The van der Waals surface area contributed by atoms with Crippen LogP contribution in [0.2, 0.25) is 0 Å². The number of unbranched alkanes of at least 4 members (excludes halogenated alkanes) is 8. The fraction of sp³-hybridized carbons (Fsp3) is 0.600. The van der Waals surface area contributed by atoms with Crippen LogP contribution in [-0.4, -0.2) is 61.3 Å². The van der Waals surface area contributed by atoms with E-state index in [9.17, 15) is 24.8 Å². The molecule has 0 fully saturated rings. The van der Waals surface area contributed by atoms with E-state index in [1.54, 1.807) is 12.1 Å². The standard InChI is InChI=1S/C35H54N2O9S/c1-8-10-12-13-14-15-16-17-18-19-21-26(20-11-9-2)32(31(33(38)39)36-34(40)35(3,4)25-46-37(41)42)47-24-28-29(44-6)22-27(43-5)23-30(28)45-7/h9,11,19-23,31-32H,8,10,12-18,24-25H2,1-7H3,(H,36,40)(H,38,39). The number of aliphatic carboxylic acids is 1. The molecule has 2 unspecified atom stereocenters. The molecule has 0 aliphatic heterocycles. The Morgan fingerprint density at radius 2 is 1.62 bits per heavy atom. The minimum atomic E-state index is -1.39. The van der Waals surface area contributed by atoms with Gasteiger partial charge in [0.05, 0.1) is 32.0 Å². The molecule has 2 N–H and O–H groups in total. The Labute approximate surface area is 284 Å². The summed E-state index contributed by atoms with van der Waals surface area (Å²) in [5.41, 5.74) is -0.00159. The van der Waals surface area contributed by atoms with E-state index < -0.39 is 40.3 Å². The number of methoxy groups -OCH3 is 3. The van der Waals surface area contributed by atoms with Crippen molar-refractivity contribution < 1.29 is 38.8 Å². The van der Waals surface area contributed by atoms with Crippen molar-refractivity contribution in [2.24, 2.45) is 5.41 Å². The smallest absolute Gasteiger partial charge is 0.327 e. The van der Waals surface area contributed by atoms with Gasteiger partial charge in [0.15, 0.2) is 0 Å². The number of carbonyl (C=O) groups excluding carboxylic acids is 1. The van der Waals surface area contributed by atoms with Gasteiger partial charge in [-0.05, 0) is 39.2 Å². The molecule has 0 aliphatic carbocycles. The molecule has 264 valence electrons. The third-order valence-electron chi connectivity index (χ3n) is 7.57. The molecule has 0 saturated heterocycles. The van der Waals surface area contributed by atoms with Gasteiger partial charge in [-0.15, -0.1) is 21.9 Å². The molecule has 0 aromatic heterocycles. The predicted molar refractivity (Wildman–Crippen MR) is 187 cm³/mol. The number of nitrogens with one attached hydrogen (secondary N) is 1. The summed E-state index contributed by atoms with van der Waals surface area (Å²) in [4.78, 5) is 41.4. The lowest BCUT2D eigenvalue weighted by molar-refractivity contribution is -0.760. The quantitative estimate of drug-likeness (QED) is 0.0456. The van der Waals surface area contributed by atoms with Gasteiger partial charge in [0.2, 0.25) is 5.91 Å². The van der Waals surface area contributed by atoms with Crippen molar-refractivity contribution in [3.8, 4) is 17.2 Å². The van der Waals surface area contributed by atoms with E-state index >= 15 is 0 Å². The molecule has 0 radical (unpaired) electrons. The summed E-state index contributed by atoms with van der Waals surface area (Å²) in [6, 6.07) is 2.06. The number of allylic oxidation sites excluding steroid dienone is 5. The fourth-order valence-corrected chi connectivity index (χ4v) is 6.09. The molecule has 1 aromatic carbocycles. The monoisotopic (exact) mass is 678 g/mol. The molecule has 0 heterocycles. The summed E-state index contributed by atoms with van der Waals surface area (Å²) in [7, 11) is 4.59. The molecule has 0 aliphatic rings. The van der Waals surface area contributed by atoms with Gasteiger partial charge in [-0.1, -0.05) is 82.2 Å². The maximum absolute atomic E-state index is 13.3. The highest BCUT2D eigenvalue weighted by Gasteiger charge is 2.37. The van der Waals surface area contributed by atoms with Gasteiger partial charge >= 0.3 is 5.97 Å². The molecule has 0 spiro atoms. The third-order valence-corrected chi connectivity index (χ3v) is 8.93. The van der Waals surface area contributed by atoms with Crippen molar-refractivity contribution in [3.63, 3.8) is 0 Å². The number of hydrogen-bond donors (Lipinski definition) is 2. The maximum Gasteiger partial charge on any atom is 0.327 e. The predicted octanol–water partition coefficient (Wildman–Crippen LogP) is 7.71. The van der Waals surface area contributed by atoms with Gasteiger partial charge in [-0.3, -0.25) is 4.79 Å². The summed E-state index contributed by atoms with van der Waals surface area (Å²) in [6.07, 6.45) is 19.9. The molecule has 12 heteroatoms. The minimum Gasteiger partial charge on any atom is -0.496 e. The number of ether oxygens (including phenoxy) is 3. The second kappa shape index (κ2) is 22.8. The van der Waals surface area contributed by atoms with E-state index in [4.69, 9.17) is 14.2 Å². The molecule has 1 rings (SSSR count). The SMILES string of the molecule is CC=CC=C(C=CCCCCCCCCCC)C(SCc1c(OC)cc(OC)cc1OC)C(NC(=O)C(C)(C)CO[N+](=O)[O-])C(=O)O. The van der Waals surface area contributed by atoms with E-state index in [1.165, 1.54) is 85.5 Å². The maximum atomic E-state index is 13.3. The van der Waals surface area contributed by atoms with Crippen molar-refractivity contribution in [3.05, 3.63) is 63.8 Å². The van der Waals surface area contributed by atoms with Gasteiger partial charge in [0, 0.05) is 23.4 Å². The lowest BCUT2D eigenvalue weighted by Gasteiger charge is -2.30. The Kier molecular flexibility index (Phi) is 20.0. The van der Waals surface area contributed by atoms with E-state index in [0.29, 0.717) is 28.4 Å². The Morgan fingerprint density at radius 1 is 1.02 bits per heavy atom. The Hall–Kier alpha value is -3.67. The first-order valence-electron chi connectivity index (χ1n) is 16.2. The van der Waals surface area contributed by atoms with Crippen LogP contribution in [0.5, 0.6) is 17.2 Å². The first-order chi connectivity index (χ1) is 22.4. The van der Waals surface area contributed by atoms with Crippen molar-refractivity contribution in [2.75, 3.05) is 27.9 Å². The third kappa shape index (κ3) is 15.2. The lowest BCUT2D eigenvalue weighted by atomic mass is 9.92. The number of carboxylic acids is 1. The molecule has 11 nitrogen and oxygen atoms in total. The van der Waals surface area contributed by atoms with Gasteiger partial charge in [-0.2, -0.15) is 0 Å². The lowest BCUT2D eigenvalue weighted by Crippen LogP contribution is -2.52. The molecular formula is C35H54N2O9S. The average molecular weight is 679 g/mol. The minimum absolute atomic E-state index is 0.271. The molecular weight excluding hydrogens is 624 g/mol. The number of nitrogens with zero attached hydrogens (tertiary/aromatic N) is 1. The highest BCUT2D eigenvalue weighted by atomic mass is 32.2. The molecule has 47 heavy (non-hydrogen) atoms. The highest BCUT2D eigenvalue weighted by molar-refractivity contribution is 7.99. The number of thioether (sulfide) groups is 1. The molecule has 1 aromatic rings. The summed E-state index contributed by atoms with van der Waals surface area (Å²) in [5.74, 6) is -0.121. The molecule has 1 amide bonds. The fourth-order valence-electron chi connectivity index (χ4n) is 4.73. The number of carboxylic acid groups (broad SMARTS) is 1. The first kappa shape index (κ1) is 41.4. The van der Waals surface area contributed by atoms with Crippen LogP contribution in [0, 0.1) is 15.5 Å². The van der Waals surface area contributed by atoms with Gasteiger partial charge in [0.1, 0.15) is 29.9 Å². The molecule has 0 saturated carbocycles. The van der Waals surface area contributed by atoms with Gasteiger partial charge in [-0.25, -0.2) is 4.79 Å². The van der Waals surface area contributed by atoms with Crippen LogP contribution in [0.1, 0.15) is 91.0 Å². The summed E-state index contributed by atoms with van der Waals surface area (Å²) < 4.78 is 16.6. The van der Waals surface area contributed by atoms with Crippen LogP contribution in [0.15, 0.2) is 48.1 Å². The van der Waals surface area contributed by atoms with E-state index in [2.05, 4.69) is 17.1 Å². The second-order valence-corrected chi connectivity index (χ2v) is 12.9. The first-order valence-corrected chi connectivity index (χ1v) is 17.2. The number of benzene rings is 1. The van der Waals surface area contributed by atoms with Crippen molar-refractivity contribution in [2.45, 2.75) is 103 Å². The Morgan fingerprint density at radius 3 is 2.13 bits per heavy atom. The van der Waals surface area contributed by atoms with Crippen LogP contribution < -0.4 is 19.5 Å². The number of amides is 1. The van der Waals surface area contributed by atoms with Gasteiger partial charge in [0.25, 0.3) is 5.09 Å². The highest BCUT2D eigenvalue weighted by Crippen LogP contribution is 2.39. The largest absolute Gasteiger partial charge is 0.496 e. The van der Waals surface area contributed by atoms with E-state index in [-0.39, 0.29) is 5.75 Å². The topological polar surface area (TPSA) is 146 Å². The normalized spacial score (nSPS) is 13.4. The summed E-state index contributed by atoms with van der Waals surface area (Å²) in [5, 5.41) is 22.2.